The molecule has 2 heteroatoms. The third-order valence-electron chi connectivity index (χ3n) is 4.00. The Morgan fingerprint density at radius 3 is 2.62 bits per heavy atom. The van der Waals surface area contributed by atoms with Gasteiger partial charge in [0, 0.05) is 23.8 Å². The van der Waals surface area contributed by atoms with Crippen molar-refractivity contribution >= 4 is 10.8 Å². The molecular weight excluding hydrogens is 256 g/mol. The average molecular weight is 276 g/mol. The van der Waals surface area contributed by atoms with E-state index < -0.39 is 0 Å². The number of aryl methyl sites for hydroxylation is 1. The highest BCUT2D eigenvalue weighted by Gasteiger charge is 2.13. The van der Waals surface area contributed by atoms with Gasteiger partial charge in [-0.15, -0.1) is 0 Å². The predicted octanol–water partition coefficient (Wildman–Crippen LogP) is 4.05. The van der Waals surface area contributed by atoms with Crippen molar-refractivity contribution in [1.29, 1.82) is 0 Å². The number of fused-ring (bicyclic) bond motifs is 1. The van der Waals surface area contributed by atoms with Gasteiger partial charge >= 0.3 is 0 Å². The van der Waals surface area contributed by atoms with Gasteiger partial charge in [0.2, 0.25) is 0 Å². The summed E-state index contributed by atoms with van der Waals surface area (Å²) in [6.07, 6.45) is 4.78. The van der Waals surface area contributed by atoms with Crippen molar-refractivity contribution in [2.45, 2.75) is 19.4 Å². The molecule has 2 aromatic carbocycles. The number of benzene rings is 2. The van der Waals surface area contributed by atoms with Crippen molar-refractivity contribution in [1.82, 2.24) is 10.3 Å². The Bertz CT molecular complexity index is 727. The highest BCUT2D eigenvalue weighted by molar-refractivity contribution is 5.85. The summed E-state index contributed by atoms with van der Waals surface area (Å²) in [6.45, 7) is 2.12. The van der Waals surface area contributed by atoms with Crippen molar-refractivity contribution in [3.63, 3.8) is 0 Å². The van der Waals surface area contributed by atoms with E-state index in [1.165, 1.54) is 27.5 Å². The number of rotatable bonds is 4. The minimum Gasteiger partial charge on any atom is -0.313 e. The van der Waals surface area contributed by atoms with Crippen LogP contribution in [-0.4, -0.2) is 12.0 Å². The minimum absolute atomic E-state index is 0.304. The summed E-state index contributed by atoms with van der Waals surface area (Å²) >= 11 is 0. The van der Waals surface area contributed by atoms with Gasteiger partial charge in [-0.2, -0.15) is 0 Å². The van der Waals surface area contributed by atoms with Crippen LogP contribution in [-0.2, 0) is 6.42 Å². The van der Waals surface area contributed by atoms with E-state index in [9.17, 15) is 0 Å². The molecule has 1 unspecified atom stereocenters. The van der Waals surface area contributed by atoms with E-state index in [0.29, 0.717) is 6.04 Å². The van der Waals surface area contributed by atoms with E-state index in [0.717, 1.165) is 6.42 Å². The summed E-state index contributed by atoms with van der Waals surface area (Å²) in [6, 6.07) is 17.6. The number of hydrogen-bond donors (Lipinski definition) is 1. The zero-order valence-electron chi connectivity index (χ0n) is 12.5. The molecular formula is C19H20N2. The second kappa shape index (κ2) is 6.06. The quantitative estimate of drug-likeness (QED) is 0.777. The van der Waals surface area contributed by atoms with Crippen molar-refractivity contribution in [2.75, 3.05) is 7.05 Å². The molecule has 0 saturated heterocycles. The van der Waals surface area contributed by atoms with Crippen LogP contribution in [0, 0.1) is 6.92 Å². The van der Waals surface area contributed by atoms with Gasteiger partial charge in [0.25, 0.3) is 0 Å². The summed E-state index contributed by atoms with van der Waals surface area (Å²) in [7, 11) is 2.03. The Labute approximate surface area is 125 Å². The normalized spacial score (nSPS) is 12.5. The first kappa shape index (κ1) is 13.8. The number of nitrogens with one attached hydrogen (secondary N) is 1. The van der Waals surface area contributed by atoms with Gasteiger partial charge in [-0.05, 0) is 43.0 Å². The fourth-order valence-corrected chi connectivity index (χ4v) is 2.78. The maximum absolute atomic E-state index is 4.21. The van der Waals surface area contributed by atoms with Gasteiger partial charge in [0.1, 0.15) is 0 Å². The molecule has 0 radical (unpaired) electrons. The third kappa shape index (κ3) is 2.96. The molecule has 1 aromatic heterocycles. The molecule has 1 heterocycles. The molecule has 0 aliphatic rings. The lowest BCUT2D eigenvalue weighted by atomic mass is 9.94. The third-order valence-corrected chi connectivity index (χ3v) is 4.00. The van der Waals surface area contributed by atoms with E-state index in [1.807, 2.05) is 19.4 Å². The van der Waals surface area contributed by atoms with Crippen LogP contribution in [0.25, 0.3) is 10.8 Å². The summed E-state index contributed by atoms with van der Waals surface area (Å²) in [5.41, 5.74) is 3.99. The minimum atomic E-state index is 0.304. The summed E-state index contributed by atoms with van der Waals surface area (Å²) < 4.78 is 0. The molecule has 0 fully saturated rings. The second-order valence-corrected chi connectivity index (χ2v) is 5.48. The van der Waals surface area contributed by atoms with Crippen molar-refractivity contribution in [3.8, 4) is 0 Å². The van der Waals surface area contributed by atoms with Crippen LogP contribution in [0.15, 0.2) is 60.9 Å². The molecule has 0 aliphatic carbocycles. The number of nitrogens with zero attached hydrogens (tertiary/aromatic N) is 1. The van der Waals surface area contributed by atoms with Gasteiger partial charge in [0.05, 0.1) is 0 Å². The lowest BCUT2D eigenvalue weighted by Crippen LogP contribution is -2.19. The van der Waals surface area contributed by atoms with Crippen LogP contribution in [0.5, 0.6) is 0 Å². The first-order chi connectivity index (χ1) is 10.3. The maximum Gasteiger partial charge on any atom is 0.0364 e. The molecule has 0 saturated carbocycles. The number of likely N-dealkylation sites (N-methyl/N-ethyl adjacent to an activating group) is 1. The topological polar surface area (TPSA) is 24.9 Å². The van der Waals surface area contributed by atoms with Crippen LogP contribution in [0.2, 0.25) is 0 Å². The first-order valence-electron chi connectivity index (χ1n) is 7.33. The fourth-order valence-electron chi connectivity index (χ4n) is 2.78. The molecule has 21 heavy (non-hydrogen) atoms. The van der Waals surface area contributed by atoms with E-state index in [-0.39, 0.29) is 0 Å². The van der Waals surface area contributed by atoms with Crippen LogP contribution >= 0.6 is 0 Å². The Morgan fingerprint density at radius 2 is 1.86 bits per heavy atom. The number of aromatic nitrogens is 1. The van der Waals surface area contributed by atoms with Gasteiger partial charge in [-0.25, -0.2) is 0 Å². The van der Waals surface area contributed by atoms with Gasteiger partial charge in [-0.1, -0.05) is 48.0 Å². The molecule has 2 nitrogen and oxygen atoms in total. The van der Waals surface area contributed by atoms with E-state index in [4.69, 9.17) is 0 Å². The molecule has 1 N–H and O–H groups in total. The Morgan fingerprint density at radius 1 is 1.05 bits per heavy atom. The van der Waals surface area contributed by atoms with Crippen LogP contribution in [0.4, 0.5) is 0 Å². The summed E-state index contributed by atoms with van der Waals surface area (Å²) in [4.78, 5) is 4.21. The molecule has 0 bridgehead atoms. The van der Waals surface area contributed by atoms with Crippen LogP contribution in [0.1, 0.15) is 22.7 Å². The maximum atomic E-state index is 4.21. The van der Waals surface area contributed by atoms with Crippen molar-refractivity contribution in [2.24, 2.45) is 0 Å². The molecule has 3 aromatic rings. The Balaban J connectivity index is 1.96. The van der Waals surface area contributed by atoms with E-state index in [1.54, 1.807) is 0 Å². The van der Waals surface area contributed by atoms with Crippen LogP contribution in [0.3, 0.4) is 0 Å². The molecule has 3 rings (SSSR count). The largest absolute Gasteiger partial charge is 0.313 e. The predicted molar refractivity (Wildman–Crippen MR) is 88.4 cm³/mol. The van der Waals surface area contributed by atoms with Gasteiger partial charge in [0.15, 0.2) is 0 Å². The lowest BCUT2D eigenvalue weighted by molar-refractivity contribution is 0.596. The molecule has 106 valence electrons. The van der Waals surface area contributed by atoms with E-state index in [2.05, 4.69) is 65.8 Å². The molecule has 1 atom stereocenters. The zero-order chi connectivity index (χ0) is 14.7. The smallest absolute Gasteiger partial charge is 0.0364 e. The van der Waals surface area contributed by atoms with Gasteiger partial charge < -0.3 is 5.32 Å². The monoisotopic (exact) mass is 276 g/mol. The first-order valence-corrected chi connectivity index (χ1v) is 7.33. The lowest BCUT2D eigenvalue weighted by Gasteiger charge is -2.19. The van der Waals surface area contributed by atoms with Crippen molar-refractivity contribution < 1.29 is 0 Å². The highest BCUT2D eigenvalue weighted by atomic mass is 14.9. The second-order valence-electron chi connectivity index (χ2n) is 5.48. The number of hydrogen-bond acceptors (Lipinski definition) is 2. The standard InChI is InChI=1S/C19H20N2/c1-14-6-8-15(9-7-14)12-19(20-2)18-5-3-4-16-13-21-11-10-17(16)18/h3-11,13,19-20H,12H2,1-2H3. The van der Waals surface area contributed by atoms with Crippen molar-refractivity contribution in [3.05, 3.63) is 77.6 Å². The molecule has 0 aliphatic heterocycles. The van der Waals surface area contributed by atoms with Gasteiger partial charge in [-0.3, -0.25) is 4.98 Å². The Hall–Kier alpha value is -2.19. The van der Waals surface area contributed by atoms with E-state index >= 15 is 0 Å². The average Bonchev–Trinajstić information content (AvgIpc) is 2.54. The fraction of sp³-hybridized carbons (Fsp3) is 0.211. The SMILES string of the molecule is CNC(Cc1ccc(C)cc1)c1cccc2cnccc12. The van der Waals surface area contributed by atoms with Crippen LogP contribution < -0.4 is 5.32 Å². The number of pyridine rings is 1. The summed E-state index contributed by atoms with van der Waals surface area (Å²) in [5.74, 6) is 0. The molecule has 0 spiro atoms. The Kier molecular flexibility index (Phi) is 3.98. The zero-order valence-corrected chi connectivity index (χ0v) is 12.5. The molecule has 0 amide bonds. The highest BCUT2D eigenvalue weighted by Crippen LogP contribution is 2.26. The summed E-state index contributed by atoms with van der Waals surface area (Å²) in [5, 5.41) is 5.92.